The van der Waals surface area contributed by atoms with Gasteiger partial charge in [-0.15, -0.1) is 0 Å². The Hall–Kier alpha value is -1.31. The molecule has 166 valence electrons. The summed E-state index contributed by atoms with van der Waals surface area (Å²) in [7, 11) is 0. The molecule has 1 aromatic carbocycles. The Bertz CT molecular complexity index is 711. The minimum Gasteiger partial charge on any atom is -0.486 e. The van der Waals surface area contributed by atoms with Crippen LogP contribution in [0, 0.1) is 35.4 Å². The molecule has 1 nitrogen and oxygen atoms in total. The van der Waals surface area contributed by atoms with Crippen LogP contribution in [0.1, 0.15) is 88.7 Å². The number of hydrogen-bond acceptors (Lipinski definition) is 1. The van der Waals surface area contributed by atoms with Gasteiger partial charge in [-0.1, -0.05) is 57.7 Å². The second kappa shape index (κ2) is 10.3. The molecule has 2 saturated carbocycles. The fourth-order valence-electron chi connectivity index (χ4n) is 6.87. The molecule has 4 rings (SSSR count). The van der Waals surface area contributed by atoms with Gasteiger partial charge in [0.1, 0.15) is 6.61 Å². The first-order valence-corrected chi connectivity index (χ1v) is 12.7. The molecule has 0 aromatic heterocycles. The van der Waals surface area contributed by atoms with Crippen molar-refractivity contribution in [2.75, 3.05) is 6.61 Å². The van der Waals surface area contributed by atoms with Crippen LogP contribution in [0.2, 0.25) is 0 Å². The van der Waals surface area contributed by atoms with Crippen molar-refractivity contribution in [3.63, 3.8) is 0 Å². The lowest BCUT2D eigenvalue weighted by Crippen LogP contribution is -2.35. The Labute approximate surface area is 183 Å². The van der Waals surface area contributed by atoms with Gasteiger partial charge in [0.05, 0.1) is 0 Å². The summed E-state index contributed by atoms with van der Waals surface area (Å²) < 4.78 is 20.4. The lowest BCUT2D eigenvalue weighted by atomic mass is 9.61. The first-order valence-electron chi connectivity index (χ1n) is 12.7. The summed E-state index contributed by atoms with van der Waals surface area (Å²) in [4.78, 5) is 0. The summed E-state index contributed by atoms with van der Waals surface area (Å²) in [6.45, 7) is 6.33. The Morgan fingerprint density at radius 1 is 1.00 bits per heavy atom. The van der Waals surface area contributed by atoms with E-state index in [0.29, 0.717) is 12.4 Å². The molecule has 0 amide bonds. The molecular formula is C28H41FO. The molecule has 30 heavy (non-hydrogen) atoms. The van der Waals surface area contributed by atoms with E-state index in [1.54, 1.807) is 6.08 Å². The third-order valence-electron chi connectivity index (χ3n) is 8.55. The number of hydrogen-bond donors (Lipinski definition) is 0. The fourth-order valence-corrected chi connectivity index (χ4v) is 6.87. The molecule has 1 aromatic rings. The predicted molar refractivity (Wildman–Crippen MR) is 123 cm³/mol. The average Bonchev–Trinajstić information content (AvgIpc) is 2.78. The van der Waals surface area contributed by atoms with E-state index >= 15 is 0 Å². The summed E-state index contributed by atoms with van der Waals surface area (Å²) in [5, 5.41) is 0. The number of ether oxygens (including phenoxy) is 1. The van der Waals surface area contributed by atoms with Crippen LogP contribution in [0.4, 0.5) is 4.39 Å². The van der Waals surface area contributed by atoms with E-state index in [0.717, 1.165) is 54.4 Å². The smallest absolute Gasteiger partial charge is 0.168 e. The second-order valence-corrected chi connectivity index (χ2v) is 10.4. The molecule has 5 unspecified atom stereocenters. The quantitative estimate of drug-likeness (QED) is 0.311. The van der Waals surface area contributed by atoms with Gasteiger partial charge in [-0.2, -0.15) is 0 Å². The van der Waals surface area contributed by atoms with Crippen molar-refractivity contribution < 1.29 is 9.13 Å². The summed E-state index contributed by atoms with van der Waals surface area (Å²) in [5.74, 6) is 4.85. The monoisotopic (exact) mass is 412 g/mol. The van der Waals surface area contributed by atoms with Gasteiger partial charge >= 0.3 is 0 Å². The highest BCUT2D eigenvalue weighted by molar-refractivity contribution is 5.39. The normalized spacial score (nSPS) is 30.9. The van der Waals surface area contributed by atoms with Gasteiger partial charge in [-0.25, -0.2) is 4.39 Å². The SMILES string of the molecule is C=CCOc1ccc2c(c1F)CCC(C1CCC3CC(CCCCC)CCC3C1)C2. The number of fused-ring (bicyclic) bond motifs is 2. The zero-order valence-electron chi connectivity index (χ0n) is 19.0. The van der Waals surface area contributed by atoms with Crippen LogP contribution in [0.25, 0.3) is 0 Å². The fraction of sp³-hybridized carbons (Fsp3) is 0.714. The molecule has 0 heterocycles. The van der Waals surface area contributed by atoms with Crippen molar-refractivity contribution in [3.8, 4) is 5.75 Å². The van der Waals surface area contributed by atoms with E-state index in [9.17, 15) is 4.39 Å². The van der Waals surface area contributed by atoms with Crippen LogP contribution < -0.4 is 4.74 Å². The Morgan fingerprint density at radius 3 is 2.57 bits per heavy atom. The van der Waals surface area contributed by atoms with E-state index < -0.39 is 0 Å². The molecule has 5 atom stereocenters. The molecular weight excluding hydrogens is 371 g/mol. The van der Waals surface area contributed by atoms with Gasteiger partial charge in [-0.3, -0.25) is 0 Å². The highest BCUT2D eigenvalue weighted by Gasteiger charge is 2.38. The lowest BCUT2D eigenvalue weighted by Gasteiger charge is -2.45. The molecule has 2 heteroatoms. The van der Waals surface area contributed by atoms with E-state index in [1.165, 1.54) is 69.8 Å². The second-order valence-electron chi connectivity index (χ2n) is 10.4. The van der Waals surface area contributed by atoms with Crippen LogP contribution in [0.5, 0.6) is 5.75 Å². The highest BCUT2D eigenvalue weighted by atomic mass is 19.1. The van der Waals surface area contributed by atoms with Gasteiger partial charge in [0.15, 0.2) is 11.6 Å². The summed E-state index contributed by atoms with van der Waals surface area (Å²) in [6.07, 6.45) is 19.2. The third kappa shape index (κ3) is 4.94. The molecule has 0 aliphatic heterocycles. The molecule has 0 N–H and O–H groups in total. The van der Waals surface area contributed by atoms with Crippen LogP contribution in [0.3, 0.4) is 0 Å². The Kier molecular flexibility index (Phi) is 7.55. The highest BCUT2D eigenvalue weighted by Crippen LogP contribution is 2.49. The Balaban J connectivity index is 1.32. The zero-order valence-corrected chi connectivity index (χ0v) is 19.0. The molecule has 0 saturated heterocycles. The van der Waals surface area contributed by atoms with Crippen molar-refractivity contribution in [3.05, 3.63) is 41.7 Å². The number of benzene rings is 1. The molecule has 3 aliphatic rings. The maximum absolute atomic E-state index is 14.9. The number of rotatable bonds is 8. The van der Waals surface area contributed by atoms with Crippen molar-refractivity contribution in [1.29, 1.82) is 0 Å². The topological polar surface area (TPSA) is 9.23 Å². The van der Waals surface area contributed by atoms with E-state index in [-0.39, 0.29) is 5.82 Å². The summed E-state index contributed by atoms with van der Waals surface area (Å²) >= 11 is 0. The number of halogens is 1. The first kappa shape index (κ1) is 21.9. The number of unbranched alkanes of at least 4 members (excludes halogenated alkanes) is 2. The van der Waals surface area contributed by atoms with Crippen molar-refractivity contribution >= 4 is 0 Å². The lowest BCUT2D eigenvalue weighted by molar-refractivity contribution is 0.0688. The zero-order chi connectivity index (χ0) is 20.9. The molecule has 3 aliphatic carbocycles. The maximum atomic E-state index is 14.9. The summed E-state index contributed by atoms with van der Waals surface area (Å²) in [5.41, 5.74) is 2.14. The maximum Gasteiger partial charge on any atom is 0.168 e. The molecule has 0 spiro atoms. The minimum atomic E-state index is -0.127. The van der Waals surface area contributed by atoms with Crippen molar-refractivity contribution in [2.24, 2.45) is 29.6 Å². The van der Waals surface area contributed by atoms with Crippen LogP contribution in [-0.2, 0) is 12.8 Å². The van der Waals surface area contributed by atoms with Crippen LogP contribution in [-0.4, -0.2) is 6.61 Å². The van der Waals surface area contributed by atoms with Gasteiger partial charge in [0.2, 0.25) is 0 Å². The van der Waals surface area contributed by atoms with E-state index in [4.69, 9.17) is 4.74 Å². The first-order chi connectivity index (χ1) is 14.7. The predicted octanol–water partition coefficient (Wildman–Crippen LogP) is 7.91. The van der Waals surface area contributed by atoms with Crippen molar-refractivity contribution in [2.45, 2.75) is 90.4 Å². The minimum absolute atomic E-state index is 0.127. The molecule has 0 bridgehead atoms. The van der Waals surface area contributed by atoms with Crippen LogP contribution in [0.15, 0.2) is 24.8 Å². The van der Waals surface area contributed by atoms with Gasteiger partial charge < -0.3 is 4.74 Å². The van der Waals surface area contributed by atoms with Gasteiger partial charge in [-0.05, 0) is 98.1 Å². The summed E-state index contributed by atoms with van der Waals surface area (Å²) in [6, 6.07) is 3.95. The van der Waals surface area contributed by atoms with E-state index in [2.05, 4.69) is 19.6 Å². The van der Waals surface area contributed by atoms with Gasteiger partial charge in [0, 0.05) is 0 Å². The van der Waals surface area contributed by atoms with Crippen molar-refractivity contribution in [1.82, 2.24) is 0 Å². The molecule has 2 fully saturated rings. The van der Waals surface area contributed by atoms with E-state index in [1.807, 2.05) is 6.07 Å². The standard InChI is InChI=1S/C28H41FO/c1-3-5-6-7-20-8-9-22-18-23(11-10-21(22)17-20)24-12-14-26-25(19-24)13-15-27(28(26)29)30-16-4-2/h4,13,15,20-24H,2-3,5-12,14,16-19H2,1H3. The van der Waals surface area contributed by atoms with Crippen LogP contribution >= 0.6 is 0 Å². The Morgan fingerprint density at radius 2 is 1.77 bits per heavy atom. The largest absolute Gasteiger partial charge is 0.486 e. The average molecular weight is 413 g/mol. The molecule has 0 radical (unpaired) electrons. The third-order valence-corrected chi connectivity index (χ3v) is 8.55. The van der Waals surface area contributed by atoms with Gasteiger partial charge in [0.25, 0.3) is 0 Å².